The Kier molecular flexibility index (Phi) is 8.43. The summed E-state index contributed by atoms with van der Waals surface area (Å²) in [6, 6.07) is 18.9. The van der Waals surface area contributed by atoms with Gasteiger partial charge in [0, 0.05) is 28.5 Å². The summed E-state index contributed by atoms with van der Waals surface area (Å²) in [4.78, 5) is 49.6. The first-order chi connectivity index (χ1) is 22.0. The summed E-state index contributed by atoms with van der Waals surface area (Å²) >= 11 is 0. The molecule has 1 unspecified atom stereocenters. The fourth-order valence-corrected chi connectivity index (χ4v) is 5.33. The van der Waals surface area contributed by atoms with Crippen molar-refractivity contribution >= 4 is 40.0 Å². The summed E-state index contributed by atoms with van der Waals surface area (Å²) in [6.07, 6.45) is 2.74. The number of hydrogen-bond donors (Lipinski definition) is 2. The van der Waals surface area contributed by atoms with Crippen molar-refractivity contribution in [1.82, 2.24) is 10.5 Å². The van der Waals surface area contributed by atoms with E-state index in [4.69, 9.17) is 24.8 Å². The summed E-state index contributed by atoms with van der Waals surface area (Å²) in [7, 11) is 0. The molecule has 2 aliphatic rings. The van der Waals surface area contributed by atoms with Crippen molar-refractivity contribution in [2.24, 2.45) is 11.1 Å². The summed E-state index contributed by atoms with van der Waals surface area (Å²) in [5, 5.41) is 0.669. The van der Waals surface area contributed by atoms with Crippen molar-refractivity contribution < 1.29 is 37.8 Å². The van der Waals surface area contributed by atoms with Gasteiger partial charge in [0.05, 0.1) is 18.2 Å². The minimum Gasteiger partial charge on any atom is -0.457 e. The van der Waals surface area contributed by atoms with Gasteiger partial charge in [-0.25, -0.2) is 9.87 Å². The third-order valence-electron chi connectivity index (χ3n) is 7.98. The number of ether oxygens (including phenoxy) is 3. The number of primary amides is 1. The second-order valence-corrected chi connectivity index (χ2v) is 11.7. The molecule has 238 valence electrons. The summed E-state index contributed by atoms with van der Waals surface area (Å²) < 4.78 is 31.1. The van der Waals surface area contributed by atoms with Gasteiger partial charge in [0.25, 0.3) is 5.91 Å². The van der Waals surface area contributed by atoms with Gasteiger partial charge < -0.3 is 19.9 Å². The Labute approximate surface area is 264 Å². The van der Waals surface area contributed by atoms with Crippen LogP contribution in [0.1, 0.15) is 43.5 Å². The lowest BCUT2D eigenvalue weighted by atomic mass is 10.0. The average Bonchev–Trinajstić information content (AvgIpc) is 3.85. The van der Waals surface area contributed by atoms with Crippen molar-refractivity contribution in [3.05, 3.63) is 90.4 Å². The fraction of sp³-hybridized carbons (Fsp3) is 0.294. The predicted molar refractivity (Wildman–Crippen MR) is 166 cm³/mol. The topological polar surface area (TPSA) is 142 Å². The molecule has 1 aromatic heterocycles. The Hall–Kier alpha value is -4.91. The Balaban J connectivity index is 1.15. The molecule has 0 spiro atoms. The lowest BCUT2D eigenvalue weighted by Gasteiger charge is -2.35. The molecule has 1 aliphatic carbocycles. The zero-order chi connectivity index (χ0) is 32.5. The molecule has 12 heteroatoms. The van der Waals surface area contributed by atoms with Gasteiger partial charge in [0.1, 0.15) is 29.3 Å². The number of nitrogens with one attached hydrogen (secondary N) is 1. The van der Waals surface area contributed by atoms with Crippen LogP contribution in [0, 0.1) is 11.2 Å². The highest BCUT2D eigenvalue weighted by Crippen LogP contribution is 2.49. The number of hydrogen-bond acceptors (Lipinski definition) is 8. The van der Waals surface area contributed by atoms with Crippen molar-refractivity contribution in [2.45, 2.75) is 45.0 Å². The maximum absolute atomic E-state index is 13.7. The molecule has 0 radical (unpaired) electrons. The fourth-order valence-electron chi connectivity index (χ4n) is 5.33. The zero-order valence-electron chi connectivity index (χ0n) is 25.3. The van der Waals surface area contributed by atoms with E-state index in [0.717, 1.165) is 0 Å². The number of nitrogens with two attached hydrogens (primary N) is 1. The molecule has 6 rings (SSSR count). The Bertz CT molecular complexity index is 1780. The van der Waals surface area contributed by atoms with Gasteiger partial charge in [0.15, 0.2) is 5.79 Å². The SMILES string of the molecule is CC1(C)OCCC(CONC(=O)c2ccc3c(Oc4ccc(N(C(=O)C5(C(N)=O)CC5)c5ccc(F)cc5)cc4)ccnc3c2)O1. The predicted octanol–water partition coefficient (Wildman–Crippen LogP) is 5.30. The normalized spacial score (nSPS) is 18.0. The van der Waals surface area contributed by atoms with Gasteiger partial charge >= 0.3 is 0 Å². The lowest BCUT2D eigenvalue weighted by molar-refractivity contribution is -0.281. The number of carbonyl (C=O) groups excluding carboxylic acids is 3. The number of anilines is 2. The first-order valence-electron chi connectivity index (χ1n) is 14.9. The molecule has 4 aromatic rings. The maximum Gasteiger partial charge on any atom is 0.274 e. The lowest BCUT2D eigenvalue weighted by Crippen LogP contribution is -2.42. The second kappa shape index (κ2) is 12.5. The van der Waals surface area contributed by atoms with E-state index < -0.39 is 34.7 Å². The number of benzene rings is 3. The Morgan fingerprint density at radius 3 is 2.37 bits per heavy atom. The van der Waals surface area contributed by atoms with Crippen LogP contribution in [-0.2, 0) is 23.9 Å². The van der Waals surface area contributed by atoms with E-state index in [9.17, 15) is 18.8 Å². The molecule has 3 N–H and O–H groups in total. The number of amides is 3. The van der Waals surface area contributed by atoms with Crippen molar-refractivity contribution in [2.75, 3.05) is 18.1 Å². The molecular weight excluding hydrogens is 595 g/mol. The van der Waals surface area contributed by atoms with Gasteiger partial charge in [-0.2, -0.15) is 0 Å². The minimum atomic E-state index is -1.28. The van der Waals surface area contributed by atoms with Crippen LogP contribution in [0.15, 0.2) is 79.0 Å². The van der Waals surface area contributed by atoms with E-state index in [1.54, 1.807) is 54.7 Å². The van der Waals surface area contributed by atoms with Gasteiger partial charge in [-0.1, -0.05) is 0 Å². The number of halogens is 1. The van der Waals surface area contributed by atoms with Crippen LogP contribution in [0.4, 0.5) is 15.8 Å². The molecule has 1 saturated carbocycles. The number of aromatic nitrogens is 1. The minimum absolute atomic E-state index is 0.184. The molecule has 2 heterocycles. The third kappa shape index (κ3) is 6.54. The van der Waals surface area contributed by atoms with Crippen LogP contribution in [0.2, 0.25) is 0 Å². The average molecular weight is 629 g/mol. The number of carbonyl (C=O) groups is 3. The molecule has 3 amide bonds. The molecule has 2 fully saturated rings. The second-order valence-electron chi connectivity index (χ2n) is 11.7. The van der Waals surface area contributed by atoms with Gasteiger partial charge in [-0.3, -0.25) is 29.1 Å². The molecule has 1 aliphatic heterocycles. The quantitative estimate of drug-likeness (QED) is 0.178. The first-order valence-corrected chi connectivity index (χ1v) is 14.9. The van der Waals surface area contributed by atoms with E-state index in [1.807, 2.05) is 13.8 Å². The highest BCUT2D eigenvalue weighted by atomic mass is 19.1. The van der Waals surface area contributed by atoms with Crippen LogP contribution in [0.5, 0.6) is 11.5 Å². The van der Waals surface area contributed by atoms with E-state index in [2.05, 4.69) is 10.5 Å². The van der Waals surface area contributed by atoms with Crippen molar-refractivity contribution in [3.63, 3.8) is 0 Å². The first kappa shape index (κ1) is 31.1. The van der Waals surface area contributed by atoms with Crippen LogP contribution < -0.4 is 20.9 Å². The summed E-state index contributed by atoms with van der Waals surface area (Å²) in [6.45, 7) is 4.39. The molecular formula is C34H33FN4O7. The number of nitrogens with zero attached hydrogens (tertiary/aromatic N) is 2. The summed E-state index contributed by atoms with van der Waals surface area (Å²) in [5.74, 6) is -1.77. The van der Waals surface area contributed by atoms with E-state index in [-0.39, 0.29) is 12.7 Å². The highest BCUT2D eigenvalue weighted by Gasteiger charge is 2.57. The number of hydroxylamine groups is 1. The van der Waals surface area contributed by atoms with Gasteiger partial charge in [-0.05, 0) is 106 Å². The molecule has 3 aromatic carbocycles. The van der Waals surface area contributed by atoms with E-state index >= 15 is 0 Å². The third-order valence-corrected chi connectivity index (χ3v) is 7.98. The van der Waals surface area contributed by atoms with Crippen LogP contribution >= 0.6 is 0 Å². The monoisotopic (exact) mass is 628 g/mol. The van der Waals surface area contributed by atoms with E-state index in [0.29, 0.717) is 65.2 Å². The Morgan fingerprint density at radius 2 is 1.72 bits per heavy atom. The largest absolute Gasteiger partial charge is 0.457 e. The smallest absolute Gasteiger partial charge is 0.274 e. The van der Waals surface area contributed by atoms with Crippen LogP contribution in [-0.4, -0.2) is 47.8 Å². The van der Waals surface area contributed by atoms with E-state index in [1.165, 1.54) is 29.2 Å². The molecule has 11 nitrogen and oxygen atoms in total. The van der Waals surface area contributed by atoms with Crippen molar-refractivity contribution in [3.8, 4) is 11.5 Å². The van der Waals surface area contributed by atoms with Crippen LogP contribution in [0.3, 0.4) is 0 Å². The van der Waals surface area contributed by atoms with Gasteiger partial charge in [0.2, 0.25) is 11.8 Å². The number of fused-ring (bicyclic) bond motifs is 1. The zero-order valence-corrected chi connectivity index (χ0v) is 25.3. The number of pyridine rings is 1. The summed E-state index contributed by atoms with van der Waals surface area (Å²) in [5.41, 5.74) is 8.51. The molecule has 1 atom stereocenters. The maximum atomic E-state index is 13.7. The molecule has 1 saturated heterocycles. The highest BCUT2D eigenvalue weighted by molar-refractivity contribution is 6.16. The molecule has 46 heavy (non-hydrogen) atoms. The van der Waals surface area contributed by atoms with Crippen LogP contribution in [0.25, 0.3) is 10.9 Å². The Morgan fingerprint density at radius 1 is 1.02 bits per heavy atom. The number of rotatable bonds is 10. The van der Waals surface area contributed by atoms with Crippen molar-refractivity contribution in [1.29, 1.82) is 0 Å². The van der Waals surface area contributed by atoms with Gasteiger partial charge in [-0.15, -0.1) is 0 Å². The molecule has 0 bridgehead atoms. The standard InChI is InChI=1S/C34H33FN4O7/c1-33(2)43-18-14-26(46-33)20-44-38-30(40)21-3-12-27-28(19-21)37-17-13-29(27)45-25-10-8-24(9-11-25)39(23-6-4-22(35)5-7-23)32(42)34(15-16-34)31(36)41/h3-13,17,19,26H,14-16,18,20H2,1-2H3,(H2,36,41)(H,38,40).